The summed E-state index contributed by atoms with van der Waals surface area (Å²) in [5.41, 5.74) is 8.70. The summed E-state index contributed by atoms with van der Waals surface area (Å²) in [4.78, 5) is 55.2. The molecule has 0 aromatic rings. The molecule has 0 bridgehead atoms. The SMILES string of the molecule is CC(C)OC(=O)[C@H]1OC(C)(C)O[C@@H]1CNC(=O)[C@H]1OC(C)(C)O[C@@H]1CNC(=O)[C@H]1OC(C)(C)O[C@@H]1CNC(=O)[C@H]1OC(C)(C)O[C@@H]1CN=[N+]=[N-]. The molecule has 4 aliphatic rings. The zero-order valence-electron chi connectivity index (χ0n) is 30.2. The summed E-state index contributed by atoms with van der Waals surface area (Å²) in [6.07, 6.45) is -8.21. The van der Waals surface area contributed by atoms with E-state index in [-0.39, 0.29) is 32.3 Å². The van der Waals surface area contributed by atoms with Crippen LogP contribution in [0.25, 0.3) is 10.4 Å². The molecule has 8 atom stereocenters. The maximum absolute atomic E-state index is 13.4. The Labute approximate surface area is 290 Å². The number of nitrogens with one attached hydrogen (secondary N) is 3. The molecule has 0 radical (unpaired) electrons. The molecular weight excluding hydrogens is 664 g/mol. The van der Waals surface area contributed by atoms with Crippen molar-refractivity contribution in [3.05, 3.63) is 10.4 Å². The number of hydrogen-bond acceptors (Lipinski definition) is 14. The zero-order chi connectivity index (χ0) is 37.2. The number of nitrogens with zero attached hydrogens (tertiary/aromatic N) is 3. The lowest BCUT2D eigenvalue weighted by Crippen LogP contribution is -2.52. The highest BCUT2D eigenvalue weighted by Crippen LogP contribution is 2.32. The van der Waals surface area contributed by atoms with Gasteiger partial charge < -0.3 is 58.6 Å². The second-order valence-corrected chi connectivity index (χ2v) is 14.5. The van der Waals surface area contributed by atoms with Crippen molar-refractivity contribution in [2.24, 2.45) is 5.11 Å². The van der Waals surface area contributed by atoms with Gasteiger partial charge in [0.05, 0.1) is 12.6 Å². The molecule has 4 aliphatic heterocycles. The third kappa shape index (κ3) is 10.2. The normalized spacial score (nSPS) is 33.4. The highest BCUT2D eigenvalue weighted by Gasteiger charge is 2.51. The van der Waals surface area contributed by atoms with Gasteiger partial charge >= 0.3 is 5.97 Å². The van der Waals surface area contributed by atoms with Crippen LogP contribution in [0.15, 0.2) is 5.11 Å². The molecule has 0 saturated carbocycles. The van der Waals surface area contributed by atoms with E-state index < -0.39 is 95.7 Å². The summed E-state index contributed by atoms with van der Waals surface area (Å²) in [6, 6.07) is 0. The molecule has 4 rings (SSSR count). The van der Waals surface area contributed by atoms with Gasteiger partial charge in [-0.3, -0.25) is 14.4 Å². The van der Waals surface area contributed by atoms with Crippen LogP contribution in [0.1, 0.15) is 69.2 Å². The van der Waals surface area contributed by atoms with Gasteiger partial charge in [0, 0.05) is 24.5 Å². The van der Waals surface area contributed by atoms with Gasteiger partial charge in [0.2, 0.25) is 0 Å². The zero-order valence-corrected chi connectivity index (χ0v) is 30.2. The Balaban J connectivity index is 1.34. The summed E-state index contributed by atoms with van der Waals surface area (Å²) < 4.78 is 51.9. The summed E-state index contributed by atoms with van der Waals surface area (Å²) in [6.45, 7) is 16.1. The van der Waals surface area contributed by atoms with E-state index in [0.717, 1.165) is 0 Å². The average Bonchev–Trinajstić information content (AvgIpc) is 3.69. The van der Waals surface area contributed by atoms with Gasteiger partial charge in [-0.2, -0.15) is 0 Å². The molecule has 3 N–H and O–H groups in total. The largest absolute Gasteiger partial charge is 0.461 e. The second kappa shape index (κ2) is 15.2. The van der Waals surface area contributed by atoms with E-state index in [1.54, 1.807) is 69.2 Å². The molecule has 0 spiro atoms. The van der Waals surface area contributed by atoms with Crippen LogP contribution in [0.4, 0.5) is 0 Å². The molecule has 0 aromatic carbocycles. The Kier molecular flexibility index (Phi) is 12.1. The quantitative estimate of drug-likeness (QED) is 0.103. The van der Waals surface area contributed by atoms with Crippen molar-refractivity contribution in [3.8, 4) is 0 Å². The fourth-order valence-electron chi connectivity index (χ4n) is 6.11. The standard InChI is InChI=1S/C31H50N6O13/c1-15(2)42-27(41)23-18(45-31(9,10)50-23)13-35-25(39)21-16(43-29(5,6)48-21)11-33-24(38)20-17(44-28(3,4)47-20)12-34-26(40)22-19(14-36-37-32)46-30(7,8)49-22/h15-23H,11-14H2,1-10H3,(H,33,38)(H,34,40)(H,35,39)/t16-,17-,18-,19-,20+,21+,22+,23+/m1/s1. The number of azide groups is 1. The lowest BCUT2D eigenvalue weighted by Gasteiger charge is -2.22. The topological polar surface area (TPSA) is 236 Å². The lowest BCUT2D eigenvalue weighted by atomic mass is 10.1. The third-order valence-corrected chi connectivity index (χ3v) is 7.85. The predicted molar refractivity (Wildman–Crippen MR) is 170 cm³/mol. The van der Waals surface area contributed by atoms with Crippen molar-refractivity contribution in [1.29, 1.82) is 0 Å². The lowest BCUT2D eigenvalue weighted by molar-refractivity contribution is -0.173. The molecule has 19 nitrogen and oxygen atoms in total. The highest BCUT2D eigenvalue weighted by atomic mass is 16.8. The Hall–Kier alpha value is -3.13. The monoisotopic (exact) mass is 714 g/mol. The van der Waals surface area contributed by atoms with E-state index in [4.69, 9.17) is 48.2 Å². The van der Waals surface area contributed by atoms with Crippen molar-refractivity contribution in [2.45, 2.75) is 147 Å². The molecule has 4 fully saturated rings. The van der Waals surface area contributed by atoms with E-state index >= 15 is 0 Å². The van der Waals surface area contributed by atoms with Crippen LogP contribution in [0.3, 0.4) is 0 Å². The Bertz CT molecular complexity index is 1330. The fraction of sp³-hybridized carbons (Fsp3) is 0.871. The van der Waals surface area contributed by atoms with Gasteiger partial charge in [0.15, 0.2) is 47.6 Å². The van der Waals surface area contributed by atoms with Crippen molar-refractivity contribution in [2.75, 3.05) is 26.2 Å². The van der Waals surface area contributed by atoms with Crippen LogP contribution in [-0.2, 0) is 61.8 Å². The van der Waals surface area contributed by atoms with Gasteiger partial charge in [-0.15, -0.1) is 0 Å². The van der Waals surface area contributed by atoms with E-state index in [2.05, 4.69) is 26.0 Å². The Morgan fingerprint density at radius 2 is 0.920 bits per heavy atom. The molecule has 4 saturated heterocycles. The Morgan fingerprint density at radius 1 is 0.600 bits per heavy atom. The maximum Gasteiger partial charge on any atom is 0.338 e. The van der Waals surface area contributed by atoms with Gasteiger partial charge in [-0.25, -0.2) is 4.79 Å². The van der Waals surface area contributed by atoms with Crippen LogP contribution in [0, 0.1) is 0 Å². The maximum atomic E-state index is 13.4. The van der Waals surface area contributed by atoms with Crippen molar-refractivity contribution in [1.82, 2.24) is 16.0 Å². The molecule has 0 aromatic heterocycles. The van der Waals surface area contributed by atoms with Crippen molar-refractivity contribution >= 4 is 23.7 Å². The first kappa shape index (κ1) is 39.7. The summed E-state index contributed by atoms with van der Waals surface area (Å²) >= 11 is 0. The van der Waals surface area contributed by atoms with Crippen molar-refractivity contribution < 1.29 is 61.8 Å². The highest BCUT2D eigenvalue weighted by molar-refractivity contribution is 5.84. The predicted octanol–water partition coefficient (Wildman–Crippen LogP) is 0.677. The second-order valence-electron chi connectivity index (χ2n) is 14.5. The van der Waals surface area contributed by atoms with Gasteiger partial charge in [0.1, 0.15) is 24.4 Å². The first-order chi connectivity index (χ1) is 23.1. The van der Waals surface area contributed by atoms with Crippen LogP contribution in [0.2, 0.25) is 0 Å². The minimum Gasteiger partial charge on any atom is -0.461 e. The molecule has 0 aliphatic carbocycles. The summed E-state index contributed by atoms with van der Waals surface area (Å²) in [5.74, 6) is -6.76. The van der Waals surface area contributed by atoms with Gasteiger partial charge in [0.25, 0.3) is 17.7 Å². The minimum absolute atomic E-state index is 0.0863. The molecule has 3 amide bonds. The van der Waals surface area contributed by atoms with E-state index in [1.807, 2.05) is 0 Å². The van der Waals surface area contributed by atoms with Crippen molar-refractivity contribution in [3.63, 3.8) is 0 Å². The minimum atomic E-state index is -1.16. The molecule has 19 heteroatoms. The summed E-state index contributed by atoms with van der Waals surface area (Å²) in [5, 5.41) is 11.7. The average molecular weight is 715 g/mol. The van der Waals surface area contributed by atoms with E-state index in [0.29, 0.717) is 0 Å². The van der Waals surface area contributed by atoms with Gasteiger partial charge in [-0.1, -0.05) is 5.11 Å². The van der Waals surface area contributed by atoms with Crippen LogP contribution in [0.5, 0.6) is 0 Å². The van der Waals surface area contributed by atoms with Crippen LogP contribution >= 0.6 is 0 Å². The molecular formula is C31H50N6O13. The number of carbonyl (C=O) groups is 4. The first-order valence-corrected chi connectivity index (χ1v) is 16.6. The molecule has 50 heavy (non-hydrogen) atoms. The van der Waals surface area contributed by atoms with Crippen LogP contribution in [-0.4, -0.2) is 128 Å². The Morgan fingerprint density at radius 3 is 1.28 bits per heavy atom. The number of esters is 1. The number of rotatable bonds is 13. The number of hydrogen-bond donors (Lipinski definition) is 3. The smallest absolute Gasteiger partial charge is 0.338 e. The van der Waals surface area contributed by atoms with E-state index in [9.17, 15) is 19.2 Å². The number of ether oxygens (including phenoxy) is 9. The fourth-order valence-corrected chi connectivity index (χ4v) is 6.11. The van der Waals surface area contributed by atoms with E-state index in [1.165, 1.54) is 0 Å². The summed E-state index contributed by atoms with van der Waals surface area (Å²) in [7, 11) is 0. The number of amides is 3. The third-order valence-electron chi connectivity index (χ3n) is 7.85. The number of carbonyl (C=O) groups excluding carboxylic acids is 4. The van der Waals surface area contributed by atoms with Gasteiger partial charge in [-0.05, 0) is 74.8 Å². The van der Waals surface area contributed by atoms with Crippen LogP contribution < -0.4 is 16.0 Å². The molecule has 4 heterocycles. The molecule has 0 unspecified atom stereocenters. The molecule has 282 valence electrons. The first-order valence-electron chi connectivity index (χ1n) is 16.6.